The van der Waals surface area contributed by atoms with Crippen LogP contribution in [0.1, 0.15) is 15.9 Å². The molecule has 0 aliphatic heterocycles. The normalized spacial score (nSPS) is 12.2. The molecule has 1 aromatic carbocycles. The number of carbonyl (C=O) groups is 1. The van der Waals surface area contributed by atoms with E-state index >= 15 is 0 Å². The molecule has 1 unspecified atom stereocenters. The predicted octanol–water partition coefficient (Wildman–Crippen LogP) is 1.22. The van der Waals surface area contributed by atoms with Crippen LogP contribution in [0.3, 0.4) is 0 Å². The van der Waals surface area contributed by atoms with Gasteiger partial charge in [0.25, 0.3) is 0 Å². The van der Waals surface area contributed by atoms with Gasteiger partial charge in [-0.1, -0.05) is 0 Å². The summed E-state index contributed by atoms with van der Waals surface area (Å²) < 4.78 is 0.611. The van der Waals surface area contributed by atoms with Crippen molar-refractivity contribution >= 4 is 27.6 Å². The first kappa shape index (κ1) is 14.0. The number of rotatable bonds is 5. The zero-order chi connectivity index (χ0) is 13.0. The van der Waals surface area contributed by atoms with Crippen LogP contribution in [0.5, 0.6) is 0 Å². The van der Waals surface area contributed by atoms with Gasteiger partial charge in [0.15, 0.2) is 0 Å². The third-order valence-electron chi connectivity index (χ3n) is 2.26. The highest BCUT2D eigenvalue weighted by atomic mass is 79.9. The summed E-state index contributed by atoms with van der Waals surface area (Å²) in [6.45, 7) is 1.64. The van der Waals surface area contributed by atoms with Crippen molar-refractivity contribution in [1.82, 2.24) is 0 Å². The van der Waals surface area contributed by atoms with Crippen molar-refractivity contribution in [3.63, 3.8) is 0 Å². The van der Waals surface area contributed by atoms with Gasteiger partial charge in [-0.25, -0.2) is 4.79 Å². The third kappa shape index (κ3) is 3.69. The van der Waals surface area contributed by atoms with Gasteiger partial charge in [-0.3, -0.25) is 0 Å². The minimum atomic E-state index is -0.990. The summed E-state index contributed by atoms with van der Waals surface area (Å²) in [7, 11) is 0. The summed E-state index contributed by atoms with van der Waals surface area (Å²) in [5.74, 6) is -0.990. The van der Waals surface area contributed by atoms with Crippen molar-refractivity contribution in [3.05, 3.63) is 27.7 Å². The molecule has 1 atom stereocenters. The highest BCUT2D eigenvalue weighted by Crippen LogP contribution is 2.28. The van der Waals surface area contributed by atoms with Gasteiger partial charge in [-0.05, 0) is 40.5 Å². The van der Waals surface area contributed by atoms with E-state index in [9.17, 15) is 9.90 Å². The van der Waals surface area contributed by atoms with Gasteiger partial charge in [0.2, 0.25) is 0 Å². The monoisotopic (exact) mass is 303 g/mol. The average molecular weight is 304 g/mol. The second kappa shape index (κ2) is 6.00. The van der Waals surface area contributed by atoms with Crippen LogP contribution < -0.4 is 5.32 Å². The molecule has 0 saturated carbocycles. The standard InChI is InChI=1S/C11H14BrNO4/c1-6-2-7(11(16)17)3-9(12)10(6)13-4-8(15)5-14/h2-3,8,13-15H,4-5H2,1H3,(H,16,17). The van der Waals surface area contributed by atoms with E-state index in [1.54, 1.807) is 13.0 Å². The molecule has 1 aromatic rings. The molecule has 0 aliphatic carbocycles. The lowest BCUT2D eigenvalue weighted by Gasteiger charge is -2.14. The van der Waals surface area contributed by atoms with Crippen LogP contribution in [-0.4, -0.2) is 40.5 Å². The first-order valence-corrected chi connectivity index (χ1v) is 5.81. The molecule has 6 heteroatoms. The van der Waals surface area contributed by atoms with E-state index in [0.717, 1.165) is 5.56 Å². The zero-order valence-corrected chi connectivity index (χ0v) is 10.9. The smallest absolute Gasteiger partial charge is 0.335 e. The quantitative estimate of drug-likeness (QED) is 0.657. The number of aromatic carboxylic acids is 1. The molecule has 0 aliphatic rings. The first-order chi connectivity index (χ1) is 7.95. The number of anilines is 1. The van der Waals surface area contributed by atoms with Crippen LogP contribution in [0.25, 0.3) is 0 Å². The molecule has 0 amide bonds. The number of aliphatic hydroxyl groups is 2. The molecule has 0 heterocycles. The molecule has 0 fully saturated rings. The third-order valence-corrected chi connectivity index (χ3v) is 2.88. The lowest BCUT2D eigenvalue weighted by atomic mass is 10.1. The fourth-order valence-corrected chi connectivity index (χ4v) is 2.08. The maximum atomic E-state index is 10.8. The van der Waals surface area contributed by atoms with Crippen molar-refractivity contribution in [3.8, 4) is 0 Å². The van der Waals surface area contributed by atoms with Crippen molar-refractivity contribution in [2.75, 3.05) is 18.5 Å². The van der Waals surface area contributed by atoms with Gasteiger partial charge >= 0.3 is 5.97 Å². The Morgan fingerprint density at radius 1 is 1.53 bits per heavy atom. The van der Waals surface area contributed by atoms with Crippen LogP contribution in [0.15, 0.2) is 16.6 Å². The van der Waals surface area contributed by atoms with E-state index in [4.69, 9.17) is 10.2 Å². The second-order valence-electron chi connectivity index (χ2n) is 3.67. The highest BCUT2D eigenvalue weighted by Gasteiger charge is 2.11. The van der Waals surface area contributed by atoms with Gasteiger partial charge in [0, 0.05) is 11.0 Å². The Bertz CT molecular complexity index is 399. The van der Waals surface area contributed by atoms with Crippen molar-refractivity contribution < 1.29 is 20.1 Å². The summed E-state index contributed by atoms with van der Waals surface area (Å²) in [4.78, 5) is 10.8. The van der Waals surface area contributed by atoms with E-state index in [2.05, 4.69) is 21.2 Å². The molecule has 0 radical (unpaired) electrons. The van der Waals surface area contributed by atoms with Gasteiger partial charge in [0.1, 0.15) is 0 Å². The number of carboxylic acid groups (broad SMARTS) is 1. The molecule has 17 heavy (non-hydrogen) atoms. The number of hydrogen-bond donors (Lipinski definition) is 4. The van der Waals surface area contributed by atoms with Crippen LogP contribution in [0.2, 0.25) is 0 Å². The molecule has 0 aromatic heterocycles. The Morgan fingerprint density at radius 2 is 2.18 bits per heavy atom. The molecular formula is C11H14BrNO4. The van der Waals surface area contributed by atoms with Gasteiger partial charge < -0.3 is 20.6 Å². The SMILES string of the molecule is Cc1cc(C(=O)O)cc(Br)c1NCC(O)CO. The van der Waals surface area contributed by atoms with Crippen LogP contribution in [-0.2, 0) is 0 Å². The largest absolute Gasteiger partial charge is 0.478 e. The number of carboxylic acids is 1. The Labute approximate surface area is 107 Å². The molecule has 94 valence electrons. The fraction of sp³-hybridized carbons (Fsp3) is 0.364. The molecule has 1 rings (SSSR count). The molecule has 0 spiro atoms. The summed E-state index contributed by atoms with van der Waals surface area (Å²) in [6.07, 6.45) is -0.847. The average Bonchev–Trinajstić information content (AvgIpc) is 2.27. The van der Waals surface area contributed by atoms with Gasteiger partial charge in [0.05, 0.1) is 24.0 Å². The van der Waals surface area contributed by atoms with E-state index in [1.165, 1.54) is 6.07 Å². The van der Waals surface area contributed by atoms with Crippen LogP contribution in [0.4, 0.5) is 5.69 Å². The van der Waals surface area contributed by atoms with Crippen molar-refractivity contribution in [2.45, 2.75) is 13.0 Å². The van der Waals surface area contributed by atoms with Crippen LogP contribution in [0, 0.1) is 6.92 Å². The number of aryl methyl sites for hydroxylation is 1. The van der Waals surface area contributed by atoms with Crippen LogP contribution >= 0.6 is 15.9 Å². The van der Waals surface area contributed by atoms with Gasteiger partial charge in [-0.2, -0.15) is 0 Å². The Balaban J connectivity index is 2.90. The van der Waals surface area contributed by atoms with E-state index in [1.807, 2.05) is 0 Å². The summed E-state index contributed by atoms with van der Waals surface area (Å²) >= 11 is 3.27. The number of aliphatic hydroxyl groups excluding tert-OH is 2. The van der Waals surface area contributed by atoms with Crippen molar-refractivity contribution in [1.29, 1.82) is 0 Å². The number of benzene rings is 1. The lowest BCUT2D eigenvalue weighted by Crippen LogP contribution is -2.23. The molecule has 4 N–H and O–H groups in total. The Morgan fingerprint density at radius 3 is 2.65 bits per heavy atom. The number of hydrogen-bond acceptors (Lipinski definition) is 4. The van der Waals surface area contributed by atoms with E-state index in [-0.39, 0.29) is 18.7 Å². The summed E-state index contributed by atoms with van der Waals surface area (Å²) in [6, 6.07) is 3.03. The molecule has 0 saturated heterocycles. The number of halogens is 1. The zero-order valence-electron chi connectivity index (χ0n) is 9.27. The van der Waals surface area contributed by atoms with Gasteiger partial charge in [-0.15, -0.1) is 0 Å². The molecule has 5 nitrogen and oxygen atoms in total. The minimum absolute atomic E-state index is 0.197. The molecular weight excluding hydrogens is 290 g/mol. The first-order valence-electron chi connectivity index (χ1n) is 5.02. The summed E-state index contributed by atoms with van der Waals surface area (Å²) in [5, 5.41) is 29.7. The fourth-order valence-electron chi connectivity index (χ4n) is 1.38. The summed E-state index contributed by atoms with van der Waals surface area (Å²) in [5.41, 5.74) is 1.66. The maximum Gasteiger partial charge on any atom is 0.335 e. The topological polar surface area (TPSA) is 89.8 Å². The predicted molar refractivity (Wildman–Crippen MR) is 67.4 cm³/mol. The number of nitrogens with one attached hydrogen (secondary N) is 1. The highest BCUT2D eigenvalue weighted by molar-refractivity contribution is 9.10. The second-order valence-corrected chi connectivity index (χ2v) is 4.53. The maximum absolute atomic E-state index is 10.8. The Hall–Kier alpha value is -1.11. The Kier molecular flexibility index (Phi) is 4.92. The molecule has 0 bridgehead atoms. The van der Waals surface area contributed by atoms with E-state index in [0.29, 0.717) is 10.2 Å². The van der Waals surface area contributed by atoms with Crippen molar-refractivity contribution in [2.24, 2.45) is 0 Å². The lowest BCUT2D eigenvalue weighted by molar-refractivity contribution is 0.0696. The minimum Gasteiger partial charge on any atom is -0.478 e. The van der Waals surface area contributed by atoms with E-state index < -0.39 is 12.1 Å².